The fourth-order valence-electron chi connectivity index (χ4n) is 2.81. The molecule has 1 aromatic rings. The van der Waals surface area contributed by atoms with Crippen LogP contribution in [0.1, 0.15) is 24.8 Å². The molecule has 5 nitrogen and oxygen atoms in total. The van der Waals surface area contributed by atoms with Gasteiger partial charge < -0.3 is 14.8 Å². The first kappa shape index (κ1) is 13.2. The van der Waals surface area contributed by atoms with Crippen LogP contribution in [-0.4, -0.2) is 29.4 Å². The van der Waals surface area contributed by atoms with E-state index in [1.807, 2.05) is 18.2 Å². The zero-order chi connectivity index (χ0) is 14.1. The van der Waals surface area contributed by atoms with Crippen LogP contribution in [0, 0.1) is 0 Å². The van der Waals surface area contributed by atoms with Crippen molar-refractivity contribution in [1.29, 1.82) is 0 Å². The highest BCUT2D eigenvalue weighted by molar-refractivity contribution is 6.61. The van der Waals surface area contributed by atoms with E-state index in [1.165, 1.54) is 4.90 Å². The molecular formula is C14H16BNO4. The minimum Gasteiger partial charge on any atom is -0.465 e. The lowest BCUT2D eigenvalue weighted by molar-refractivity contribution is 0.199. The number of rotatable bonds is 2. The van der Waals surface area contributed by atoms with Gasteiger partial charge in [-0.05, 0) is 42.4 Å². The maximum absolute atomic E-state index is 11.6. The van der Waals surface area contributed by atoms with Crippen LogP contribution in [0.5, 0.6) is 0 Å². The lowest BCUT2D eigenvalue weighted by Gasteiger charge is -2.29. The summed E-state index contributed by atoms with van der Waals surface area (Å²) in [5.41, 5.74) is 2.15. The first-order valence-corrected chi connectivity index (χ1v) is 6.78. The minimum absolute atomic E-state index is 0.140. The van der Waals surface area contributed by atoms with E-state index in [9.17, 15) is 14.9 Å². The molecule has 1 unspecified atom stereocenters. The predicted octanol–water partition coefficient (Wildman–Crippen LogP) is 1.50. The van der Waals surface area contributed by atoms with Crippen LogP contribution in [0.25, 0.3) is 0 Å². The summed E-state index contributed by atoms with van der Waals surface area (Å²) in [4.78, 5) is 12.9. The van der Waals surface area contributed by atoms with E-state index >= 15 is 0 Å². The van der Waals surface area contributed by atoms with Crippen LogP contribution in [-0.2, 0) is 11.3 Å². The number of carboxylic acid groups (broad SMARTS) is 1. The van der Waals surface area contributed by atoms with Crippen molar-refractivity contribution in [3.05, 3.63) is 35.9 Å². The average Bonchev–Trinajstić information content (AvgIpc) is 2.81. The van der Waals surface area contributed by atoms with Gasteiger partial charge in [-0.2, -0.15) is 0 Å². The Kier molecular flexibility index (Phi) is 3.50. The van der Waals surface area contributed by atoms with Gasteiger partial charge in [-0.3, -0.25) is 4.90 Å². The molecule has 2 N–H and O–H groups in total. The normalized spacial score (nSPS) is 20.9. The van der Waals surface area contributed by atoms with E-state index in [1.54, 1.807) is 12.1 Å². The number of amides is 1. The third-order valence-electron chi connectivity index (χ3n) is 3.84. The molecule has 1 aliphatic heterocycles. The number of fused-ring (bicyclic) bond motifs is 1. The molecule has 0 aromatic heterocycles. The number of hydrogen-bond donors (Lipinski definition) is 2. The van der Waals surface area contributed by atoms with Gasteiger partial charge >= 0.3 is 13.2 Å². The van der Waals surface area contributed by atoms with Crippen molar-refractivity contribution < 1.29 is 19.6 Å². The quantitative estimate of drug-likeness (QED) is 0.632. The van der Waals surface area contributed by atoms with Crippen LogP contribution >= 0.6 is 0 Å². The van der Waals surface area contributed by atoms with Crippen LogP contribution in [0.4, 0.5) is 10.5 Å². The SMILES string of the molecule is O=C(O)N(c1ccc2c(c1)B(O)OC2)C1C=CCCC1. The van der Waals surface area contributed by atoms with E-state index < -0.39 is 13.2 Å². The van der Waals surface area contributed by atoms with Gasteiger partial charge in [0.05, 0.1) is 12.6 Å². The van der Waals surface area contributed by atoms with Crippen molar-refractivity contribution in [2.24, 2.45) is 0 Å². The van der Waals surface area contributed by atoms with Crippen molar-refractivity contribution in [1.82, 2.24) is 0 Å². The van der Waals surface area contributed by atoms with E-state index in [4.69, 9.17) is 4.65 Å². The summed E-state index contributed by atoms with van der Waals surface area (Å²) in [6.45, 7) is 0.368. The van der Waals surface area contributed by atoms with Crippen LogP contribution < -0.4 is 10.4 Å². The molecule has 0 fully saturated rings. The van der Waals surface area contributed by atoms with Crippen molar-refractivity contribution in [2.45, 2.75) is 31.9 Å². The summed E-state index contributed by atoms with van der Waals surface area (Å²) in [6, 6.07) is 5.17. The van der Waals surface area contributed by atoms with Crippen molar-refractivity contribution in [3.8, 4) is 0 Å². The Hall–Kier alpha value is -1.79. The lowest BCUT2D eigenvalue weighted by Crippen LogP contribution is -2.40. The summed E-state index contributed by atoms with van der Waals surface area (Å²) in [7, 11) is -0.956. The summed E-state index contributed by atoms with van der Waals surface area (Å²) < 4.78 is 5.14. The maximum Gasteiger partial charge on any atom is 0.491 e. The average molecular weight is 273 g/mol. The number of allylic oxidation sites excluding steroid dienone is 1. The second-order valence-corrected chi connectivity index (χ2v) is 5.13. The highest BCUT2D eigenvalue weighted by Crippen LogP contribution is 2.25. The van der Waals surface area contributed by atoms with Crippen LogP contribution in [0.3, 0.4) is 0 Å². The summed E-state index contributed by atoms with van der Waals surface area (Å²) in [5.74, 6) is 0. The fourth-order valence-corrected chi connectivity index (χ4v) is 2.81. The van der Waals surface area contributed by atoms with E-state index in [0.29, 0.717) is 17.8 Å². The molecule has 2 aliphatic rings. The standard InChI is InChI=1S/C14H16BNO4/c17-14(18)16(11-4-2-1-3-5-11)12-7-6-10-9-20-15(19)13(10)8-12/h2,4,6-8,11,19H,1,3,5,9H2,(H,17,18). The third-order valence-corrected chi connectivity index (χ3v) is 3.84. The Balaban J connectivity index is 1.96. The predicted molar refractivity (Wildman–Crippen MR) is 76.1 cm³/mol. The van der Waals surface area contributed by atoms with Crippen molar-refractivity contribution in [2.75, 3.05) is 4.90 Å². The zero-order valence-corrected chi connectivity index (χ0v) is 11.0. The number of carbonyl (C=O) groups is 1. The topological polar surface area (TPSA) is 70.0 Å². The number of nitrogens with zero attached hydrogens (tertiary/aromatic N) is 1. The van der Waals surface area contributed by atoms with Gasteiger partial charge in [-0.1, -0.05) is 18.2 Å². The lowest BCUT2D eigenvalue weighted by atomic mass is 9.79. The van der Waals surface area contributed by atoms with Crippen molar-refractivity contribution in [3.63, 3.8) is 0 Å². The molecule has 0 saturated carbocycles. The van der Waals surface area contributed by atoms with Gasteiger partial charge in [0.2, 0.25) is 0 Å². The first-order valence-electron chi connectivity index (χ1n) is 6.78. The Morgan fingerprint density at radius 3 is 3.00 bits per heavy atom. The molecule has 20 heavy (non-hydrogen) atoms. The highest BCUT2D eigenvalue weighted by Gasteiger charge is 2.30. The van der Waals surface area contributed by atoms with Crippen LogP contribution in [0.15, 0.2) is 30.4 Å². The van der Waals surface area contributed by atoms with Gasteiger partial charge in [-0.25, -0.2) is 4.79 Å². The molecule has 0 radical (unpaired) electrons. The minimum atomic E-state index is -0.977. The Morgan fingerprint density at radius 2 is 2.30 bits per heavy atom. The summed E-state index contributed by atoms with van der Waals surface area (Å²) in [6.07, 6.45) is 5.80. The van der Waals surface area contributed by atoms with Gasteiger partial charge in [0, 0.05) is 5.69 Å². The second kappa shape index (κ2) is 5.30. The molecule has 1 aromatic carbocycles. The molecule has 1 heterocycles. The molecule has 1 aliphatic carbocycles. The molecular weight excluding hydrogens is 257 g/mol. The summed E-state index contributed by atoms with van der Waals surface area (Å²) in [5, 5.41) is 19.2. The second-order valence-electron chi connectivity index (χ2n) is 5.13. The van der Waals surface area contributed by atoms with E-state index in [-0.39, 0.29) is 6.04 Å². The van der Waals surface area contributed by atoms with Gasteiger partial charge in [0.15, 0.2) is 0 Å². The molecule has 0 spiro atoms. The Labute approximate surface area is 117 Å². The molecule has 3 rings (SSSR count). The Morgan fingerprint density at radius 1 is 1.45 bits per heavy atom. The third kappa shape index (κ3) is 2.32. The Bertz CT molecular complexity index is 560. The number of anilines is 1. The number of benzene rings is 1. The molecule has 1 atom stereocenters. The van der Waals surface area contributed by atoms with Gasteiger partial charge in [0.25, 0.3) is 0 Å². The summed E-state index contributed by atoms with van der Waals surface area (Å²) >= 11 is 0. The van der Waals surface area contributed by atoms with Gasteiger partial charge in [-0.15, -0.1) is 0 Å². The fraction of sp³-hybridized carbons (Fsp3) is 0.357. The zero-order valence-electron chi connectivity index (χ0n) is 11.0. The largest absolute Gasteiger partial charge is 0.491 e. The number of hydrogen-bond acceptors (Lipinski definition) is 3. The van der Waals surface area contributed by atoms with E-state index in [0.717, 1.165) is 24.8 Å². The van der Waals surface area contributed by atoms with E-state index in [2.05, 4.69) is 0 Å². The highest BCUT2D eigenvalue weighted by atomic mass is 16.5. The first-order chi connectivity index (χ1) is 9.66. The van der Waals surface area contributed by atoms with Crippen LogP contribution in [0.2, 0.25) is 0 Å². The molecule has 0 bridgehead atoms. The molecule has 1 amide bonds. The molecule has 0 saturated heterocycles. The monoisotopic (exact) mass is 273 g/mol. The molecule has 104 valence electrons. The molecule has 6 heteroatoms. The smallest absolute Gasteiger partial charge is 0.465 e. The van der Waals surface area contributed by atoms with Gasteiger partial charge in [0.1, 0.15) is 0 Å². The van der Waals surface area contributed by atoms with Crippen molar-refractivity contribution >= 4 is 24.4 Å². The maximum atomic E-state index is 11.6.